The lowest BCUT2D eigenvalue weighted by Gasteiger charge is -2.29. The molecular weight excluding hydrogens is 392 g/mol. The highest BCUT2D eigenvalue weighted by atomic mass is 79.9. The number of carbonyl (C=O) groups is 1. The standard InChI is InChI=1S/C17H25BrN2O3S/c1-15(2,3)23-13(21)8-22-17(14-20-12(18)9-24-14)10-16(19-11-17)6-4-5-7-16/h9,19H,4-8,10-11H2,1-3H3. The minimum atomic E-state index is -0.544. The Balaban J connectivity index is 1.75. The summed E-state index contributed by atoms with van der Waals surface area (Å²) < 4.78 is 12.4. The molecule has 3 rings (SSSR count). The number of rotatable bonds is 4. The van der Waals surface area contributed by atoms with Crippen LogP contribution in [0, 0.1) is 0 Å². The maximum absolute atomic E-state index is 12.1. The van der Waals surface area contributed by atoms with E-state index in [-0.39, 0.29) is 18.1 Å². The highest BCUT2D eigenvalue weighted by molar-refractivity contribution is 9.10. The fraction of sp³-hybridized carbons (Fsp3) is 0.765. The molecule has 7 heteroatoms. The van der Waals surface area contributed by atoms with Crippen molar-refractivity contribution >= 4 is 33.2 Å². The lowest BCUT2D eigenvalue weighted by molar-refractivity contribution is -0.167. The van der Waals surface area contributed by atoms with Gasteiger partial charge in [-0.05, 0) is 49.5 Å². The highest BCUT2D eigenvalue weighted by Crippen LogP contribution is 2.47. The molecule has 0 radical (unpaired) electrons. The maximum Gasteiger partial charge on any atom is 0.332 e. The van der Waals surface area contributed by atoms with E-state index in [2.05, 4.69) is 26.2 Å². The van der Waals surface area contributed by atoms with Crippen molar-refractivity contribution in [2.45, 2.75) is 69.6 Å². The third kappa shape index (κ3) is 4.00. The van der Waals surface area contributed by atoms with Crippen LogP contribution in [0.3, 0.4) is 0 Å². The van der Waals surface area contributed by atoms with Crippen molar-refractivity contribution in [1.29, 1.82) is 0 Å². The molecule has 1 unspecified atom stereocenters. The smallest absolute Gasteiger partial charge is 0.332 e. The number of carbonyl (C=O) groups excluding carboxylic acids is 1. The molecule has 1 aliphatic carbocycles. The van der Waals surface area contributed by atoms with Crippen LogP contribution in [0.15, 0.2) is 9.98 Å². The molecule has 0 amide bonds. The second-order valence-corrected chi connectivity index (χ2v) is 9.53. The van der Waals surface area contributed by atoms with Crippen LogP contribution in [0.4, 0.5) is 0 Å². The van der Waals surface area contributed by atoms with Crippen molar-refractivity contribution in [3.05, 3.63) is 15.0 Å². The van der Waals surface area contributed by atoms with Crippen molar-refractivity contribution in [3.63, 3.8) is 0 Å². The van der Waals surface area contributed by atoms with E-state index in [0.29, 0.717) is 6.54 Å². The van der Waals surface area contributed by atoms with Gasteiger partial charge in [0, 0.05) is 23.9 Å². The number of esters is 1. The maximum atomic E-state index is 12.1. The number of aromatic nitrogens is 1. The molecule has 1 spiro atoms. The van der Waals surface area contributed by atoms with Gasteiger partial charge in [-0.2, -0.15) is 0 Å². The molecule has 2 fully saturated rings. The summed E-state index contributed by atoms with van der Waals surface area (Å²) in [6.07, 6.45) is 5.68. The number of nitrogens with one attached hydrogen (secondary N) is 1. The van der Waals surface area contributed by atoms with E-state index in [0.717, 1.165) is 28.9 Å². The Hall–Kier alpha value is -0.500. The Morgan fingerprint density at radius 1 is 1.42 bits per heavy atom. The highest BCUT2D eigenvalue weighted by Gasteiger charge is 2.52. The van der Waals surface area contributed by atoms with Crippen LogP contribution in [0.5, 0.6) is 0 Å². The number of hydrogen-bond acceptors (Lipinski definition) is 6. The van der Waals surface area contributed by atoms with E-state index in [9.17, 15) is 4.79 Å². The Morgan fingerprint density at radius 3 is 2.71 bits per heavy atom. The van der Waals surface area contributed by atoms with E-state index in [1.54, 1.807) is 11.3 Å². The number of halogens is 1. The largest absolute Gasteiger partial charge is 0.458 e. The number of thiazole rings is 1. The lowest BCUT2D eigenvalue weighted by atomic mass is 9.89. The first-order valence-corrected chi connectivity index (χ1v) is 10.1. The molecule has 2 aliphatic rings. The van der Waals surface area contributed by atoms with Gasteiger partial charge in [0.05, 0.1) is 0 Å². The number of ether oxygens (including phenoxy) is 2. The molecule has 1 saturated heterocycles. The zero-order valence-corrected chi connectivity index (χ0v) is 16.9. The summed E-state index contributed by atoms with van der Waals surface area (Å²) in [5.41, 5.74) is -0.914. The van der Waals surface area contributed by atoms with Crippen LogP contribution in [-0.2, 0) is 19.9 Å². The quantitative estimate of drug-likeness (QED) is 0.756. The molecule has 24 heavy (non-hydrogen) atoms. The van der Waals surface area contributed by atoms with E-state index < -0.39 is 11.2 Å². The third-order valence-electron chi connectivity index (χ3n) is 4.69. The van der Waals surface area contributed by atoms with Crippen LogP contribution >= 0.6 is 27.3 Å². The molecule has 1 atom stereocenters. The summed E-state index contributed by atoms with van der Waals surface area (Å²) in [6.45, 7) is 6.23. The molecule has 0 aromatic carbocycles. The summed E-state index contributed by atoms with van der Waals surface area (Å²) >= 11 is 5.01. The molecule has 1 aromatic heterocycles. The third-order valence-corrected chi connectivity index (χ3v) is 6.42. The summed E-state index contributed by atoms with van der Waals surface area (Å²) in [6, 6.07) is 0. The van der Waals surface area contributed by atoms with Gasteiger partial charge in [0.15, 0.2) is 0 Å². The lowest BCUT2D eigenvalue weighted by Crippen LogP contribution is -2.36. The van der Waals surface area contributed by atoms with Crippen molar-refractivity contribution in [3.8, 4) is 0 Å². The zero-order chi connectivity index (χ0) is 17.4. The van der Waals surface area contributed by atoms with Gasteiger partial charge in [-0.1, -0.05) is 12.8 Å². The van der Waals surface area contributed by atoms with Crippen molar-refractivity contribution in [1.82, 2.24) is 10.3 Å². The minimum absolute atomic E-state index is 0.0494. The zero-order valence-electron chi connectivity index (χ0n) is 14.5. The normalized spacial score (nSPS) is 26.2. The predicted molar refractivity (Wildman–Crippen MR) is 97.1 cm³/mol. The van der Waals surface area contributed by atoms with E-state index in [4.69, 9.17) is 9.47 Å². The van der Waals surface area contributed by atoms with E-state index >= 15 is 0 Å². The SMILES string of the molecule is CC(C)(C)OC(=O)COC1(c2nc(Br)cs2)CNC2(CCCC2)C1. The van der Waals surface area contributed by atoms with Gasteiger partial charge in [-0.15, -0.1) is 11.3 Å². The predicted octanol–water partition coefficient (Wildman–Crippen LogP) is 3.77. The molecule has 0 bridgehead atoms. The molecule has 1 aromatic rings. The van der Waals surface area contributed by atoms with Crippen LogP contribution in [0.1, 0.15) is 57.9 Å². The minimum Gasteiger partial charge on any atom is -0.458 e. The van der Waals surface area contributed by atoms with Crippen LogP contribution < -0.4 is 5.32 Å². The molecule has 2 heterocycles. The summed E-state index contributed by atoms with van der Waals surface area (Å²) in [5.74, 6) is -0.329. The van der Waals surface area contributed by atoms with Crippen molar-refractivity contribution < 1.29 is 14.3 Å². The molecule has 134 valence electrons. The van der Waals surface area contributed by atoms with Crippen LogP contribution in [-0.4, -0.2) is 35.2 Å². The fourth-order valence-electron chi connectivity index (χ4n) is 3.75. The number of hydrogen-bond donors (Lipinski definition) is 1. The topological polar surface area (TPSA) is 60.5 Å². The second-order valence-electron chi connectivity index (χ2n) is 7.86. The van der Waals surface area contributed by atoms with Crippen LogP contribution in [0.2, 0.25) is 0 Å². The Morgan fingerprint density at radius 2 is 2.12 bits per heavy atom. The fourth-order valence-corrected chi connectivity index (χ4v) is 5.16. The summed E-state index contributed by atoms with van der Waals surface area (Å²) in [5, 5.41) is 6.57. The first-order valence-electron chi connectivity index (χ1n) is 8.44. The summed E-state index contributed by atoms with van der Waals surface area (Å²) in [4.78, 5) is 16.7. The Labute approximate surface area is 155 Å². The van der Waals surface area contributed by atoms with Gasteiger partial charge in [-0.25, -0.2) is 9.78 Å². The Bertz CT molecular complexity index is 607. The van der Waals surface area contributed by atoms with Crippen LogP contribution in [0.25, 0.3) is 0 Å². The molecule has 1 saturated carbocycles. The average Bonchev–Trinajstić information content (AvgIpc) is 3.18. The first kappa shape index (κ1) is 18.3. The molecule has 1 aliphatic heterocycles. The molecule has 1 N–H and O–H groups in total. The van der Waals surface area contributed by atoms with Gasteiger partial charge < -0.3 is 14.8 Å². The average molecular weight is 417 g/mol. The van der Waals surface area contributed by atoms with Gasteiger partial charge in [-0.3, -0.25) is 0 Å². The first-order chi connectivity index (χ1) is 11.2. The second kappa shape index (κ2) is 6.67. The van der Waals surface area contributed by atoms with E-state index in [1.807, 2.05) is 26.2 Å². The summed E-state index contributed by atoms with van der Waals surface area (Å²) in [7, 11) is 0. The monoisotopic (exact) mass is 416 g/mol. The van der Waals surface area contributed by atoms with Crippen molar-refractivity contribution in [2.24, 2.45) is 0 Å². The van der Waals surface area contributed by atoms with E-state index in [1.165, 1.54) is 12.8 Å². The number of nitrogens with zero attached hydrogens (tertiary/aromatic N) is 1. The molecular formula is C17H25BrN2O3S. The van der Waals surface area contributed by atoms with Gasteiger partial charge in [0.1, 0.15) is 27.4 Å². The van der Waals surface area contributed by atoms with Gasteiger partial charge in [0.25, 0.3) is 0 Å². The Kier molecular flexibility index (Phi) is 5.08. The van der Waals surface area contributed by atoms with Crippen molar-refractivity contribution in [2.75, 3.05) is 13.2 Å². The van der Waals surface area contributed by atoms with Gasteiger partial charge >= 0.3 is 5.97 Å². The van der Waals surface area contributed by atoms with Gasteiger partial charge in [0.2, 0.25) is 0 Å². The molecule has 5 nitrogen and oxygen atoms in total.